The maximum Gasteiger partial charge on any atom is 0.164 e. The molecule has 8 heteroatoms. The Kier molecular flexibility index (Phi) is 5.19. The van der Waals surface area contributed by atoms with Gasteiger partial charge in [0.05, 0.1) is 23.1 Å². The molecule has 2 N–H and O–H groups in total. The molecule has 3 heterocycles. The van der Waals surface area contributed by atoms with E-state index < -0.39 is 0 Å². The number of fused-ring (bicyclic) bond motifs is 1. The zero-order valence-electron chi connectivity index (χ0n) is 19.6. The summed E-state index contributed by atoms with van der Waals surface area (Å²) < 4.78 is 16.2. The first-order chi connectivity index (χ1) is 17.5. The Morgan fingerprint density at radius 1 is 1.08 bits per heavy atom. The lowest BCUT2D eigenvalue weighted by Crippen LogP contribution is -2.10. The normalized spacial score (nSPS) is 14.0. The van der Waals surface area contributed by atoms with Gasteiger partial charge in [0, 0.05) is 29.1 Å². The van der Waals surface area contributed by atoms with Crippen LogP contribution in [0, 0.1) is 17.1 Å². The predicted octanol–water partition coefficient (Wildman–Crippen LogP) is 5.63. The van der Waals surface area contributed by atoms with E-state index in [9.17, 15) is 9.65 Å². The number of halogens is 1. The Labute approximate surface area is 207 Å². The van der Waals surface area contributed by atoms with E-state index in [1.165, 1.54) is 12.4 Å². The van der Waals surface area contributed by atoms with Gasteiger partial charge < -0.3 is 5.73 Å². The van der Waals surface area contributed by atoms with Gasteiger partial charge in [-0.05, 0) is 67.1 Å². The maximum atomic E-state index is 14.4. The summed E-state index contributed by atoms with van der Waals surface area (Å²) in [5, 5.41) is 15.2. The predicted molar refractivity (Wildman–Crippen MR) is 135 cm³/mol. The van der Waals surface area contributed by atoms with Gasteiger partial charge in [0.25, 0.3) is 0 Å². The minimum absolute atomic E-state index is 0.281. The summed E-state index contributed by atoms with van der Waals surface area (Å²) in [5.74, 6) is 0.493. The summed E-state index contributed by atoms with van der Waals surface area (Å²) in [5.41, 5.74) is 12.1. The zero-order chi connectivity index (χ0) is 24.8. The van der Waals surface area contributed by atoms with Crippen LogP contribution in [0.15, 0.2) is 67.3 Å². The monoisotopic (exact) mass is 475 g/mol. The summed E-state index contributed by atoms with van der Waals surface area (Å²) in [4.78, 5) is 13.1. The maximum absolute atomic E-state index is 14.4. The van der Waals surface area contributed by atoms with Crippen molar-refractivity contribution in [2.45, 2.75) is 31.7 Å². The first-order valence-electron chi connectivity index (χ1n) is 11.8. The molecule has 1 aliphatic carbocycles. The summed E-state index contributed by atoms with van der Waals surface area (Å²) >= 11 is 0. The van der Waals surface area contributed by atoms with Crippen molar-refractivity contribution < 1.29 is 4.39 Å². The molecule has 2 aromatic carbocycles. The standard InChI is InChI=1S/C28H22FN7/c1-16(21-11-22(14-32-13-21)23-4-2-3-5-24(23)29)36-28-25(27(31)33-15-34-28)26(35-36)20-9-17(12-30)8-19(10-20)18-6-7-18/h2-5,8-11,13-16,18H,6-7H2,1H3,(H2,31,33,34). The van der Waals surface area contributed by atoms with Gasteiger partial charge in [-0.3, -0.25) is 4.98 Å². The van der Waals surface area contributed by atoms with E-state index in [0.717, 1.165) is 29.5 Å². The van der Waals surface area contributed by atoms with Crippen molar-refractivity contribution in [3.8, 4) is 28.5 Å². The summed E-state index contributed by atoms with van der Waals surface area (Å²) in [6, 6.07) is 16.4. The Bertz CT molecular complexity index is 1660. The minimum Gasteiger partial charge on any atom is -0.383 e. The number of nitrogens with zero attached hydrogens (tertiary/aromatic N) is 6. The molecule has 1 fully saturated rings. The Balaban J connectivity index is 1.50. The van der Waals surface area contributed by atoms with Crippen LogP contribution in [0.4, 0.5) is 10.2 Å². The second-order valence-corrected chi connectivity index (χ2v) is 9.14. The third-order valence-electron chi connectivity index (χ3n) is 6.72. The molecule has 0 spiro atoms. The molecule has 176 valence electrons. The van der Waals surface area contributed by atoms with Crippen LogP contribution >= 0.6 is 0 Å². The lowest BCUT2D eigenvalue weighted by Gasteiger charge is -2.14. The van der Waals surface area contributed by atoms with Crippen molar-refractivity contribution in [1.82, 2.24) is 24.7 Å². The number of anilines is 1. The quantitative estimate of drug-likeness (QED) is 0.353. The van der Waals surface area contributed by atoms with Crippen molar-refractivity contribution in [2.75, 3.05) is 5.73 Å². The highest BCUT2D eigenvalue weighted by molar-refractivity contribution is 5.98. The van der Waals surface area contributed by atoms with Crippen molar-refractivity contribution in [3.05, 3.63) is 89.8 Å². The molecule has 0 saturated heterocycles. The van der Waals surface area contributed by atoms with Crippen molar-refractivity contribution in [1.29, 1.82) is 5.26 Å². The highest BCUT2D eigenvalue weighted by Crippen LogP contribution is 2.42. The summed E-state index contributed by atoms with van der Waals surface area (Å²) in [6.07, 6.45) is 7.05. The van der Waals surface area contributed by atoms with Crippen LogP contribution in [0.3, 0.4) is 0 Å². The highest BCUT2D eigenvalue weighted by Gasteiger charge is 2.26. The molecular weight excluding hydrogens is 453 g/mol. The van der Waals surface area contributed by atoms with E-state index in [0.29, 0.717) is 45.2 Å². The average Bonchev–Trinajstić information content (AvgIpc) is 3.69. The zero-order valence-corrected chi connectivity index (χ0v) is 19.6. The molecule has 1 aliphatic rings. The molecular formula is C28H22FN7. The molecule has 36 heavy (non-hydrogen) atoms. The summed E-state index contributed by atoms with van der Waals surface area (Å²) in [7, 11) is 0. The summed E-state index contributed by atoms with van der Waals surface area (Å²) in [6.45, 7) is 1.98. The van der Waals surface area contributed by atoms with Crippen molar-refractivity contribution in [3.63, 3.8) is 0 Å². The lowest BCUT2D eigenvalue weighted by atomic mass is 10.00. The fourth-order valence-electron chi connectivity index (χ4n) is 4.64. The molecule has 0 aliphatic heterocycles. The number of pyridine rings is 1. The van der Waals surface area contributed by atoms with Crippen LogP contribution in [0.1, 0.15) is 48.4 Å². The highest BCUT2D eigenvalue weighted by atomic mass is 19.1. The Morgan fingerprint density at radius 3 is 2.69 bits per heavy atom. The van der Waals surface area contributed by atoms with Crippen LogP contribution < -0.4 is 5.73 Å². The molecule has 5 aromatic rings. The van der Waals surface area contributed by atoms with Crippen LogP contribution in [0.2, 0.25) is 0 Å². The van der Waals surface area contributed by atoms with Gasteiger partial charge in [-0.25, -0.2) is 19.0 Å². The number of aromatic nitrogens is 5. The van der Waals surface area contributed by atoms with E-state index in [1.54, 1.807) is 35.3 Å². The van der Waals surface area contributed by atoms with Crippen LogP contribution in [0.25, 0.3) is 33.4 Å². The number of nitrogen functional groups attached to an aromatic ring is 1. The van der Waals surface area contributed by atoms with Crippen LogP contribution in [-0.2, 0) is 0 Å². The smallest absolute Gasteiger partial charge is 0.164 e. The number of nitrogens with two attached hydrogens (primary N) is 1. The number of benzene rings is 2. The molecule has 1 atom stereocenters. The number of rotatable bonds is 5. The van der Waals surface area contributed by atoms with Gasteiger partial charge in [-0.2, -0.15) is 10.4 Å². The SMILES string of the molecule is CC(c1cncc(-c2ccccc2F)c1)n1nc(-c2cc(C#N)cc(C3CC3)c2)c2c(N)ncnc21. The van der Waals surface area contributed by atoms with Gasteiger partial charge in [0.2, 0.25) is 0 Å². The van der Waals surface area contributed by atoms with Gasteiger partial charge in [0.1, 0.15) is 23.7 Å². The second-order valence-electron chi connectivity index (χ2n) is 9.14. The van der Waals surface area contributed by atoms with E-state index in [2.05, 4.69) is 27.1 Å². The van der Waals surface area contributed by atoms with E-state index >= 15 is 0 Å². The average molecular weight is 476 g/mol. The largest absolute Gasteiger partial charge is 0.383 e. The number of nitriles is 1. The second kappa shape index (κ2) is 8.54. The molecule has 6 rings (SSSR count). The van der Waals surface area contributed by atoms with E-state index in [4.69, 9.17) is 10.8 Å². The molecule has 1 unspecified atom stereocenters. The molecule has 3 aromatic heterocycles. The molecule has 7 nitrogen and oxygen atoms in total. The van der Waals surface area contributed by atoms with Gasteiger partial charge in [0.15, 0.2) is 5.65 Å². The minimum atomic E-state index is -0.305. The van der Waals surface area contributed by atoms with Gasteiger partial charge in [-0.15, -0.1) is 0 Å². The fraction of sp³-hybridized carbons (Fsp3) is 0.179. The van der Waals surface area contributed by atoms with Gasteiger partial charge in [-0.1, -0.05) is 18.2 Å². The Hall–Kier alpha value is -4.64. The molecule has 0 bridgehead atoms. The molecule has 1 saturated carbocycles. The third kappa shape index (κ3) is 3.75. The lowest BCUT2D eigenvalue weighted by molar-refractivity contribution is 0.579. The first-order valence-corrected chi connectivity index (χ1v) is 11.8. The number of hydrogen-bond acceptors (Lipinski definition) is 6. The molecule has 0 radical (unpaired) electrons. The van der Waals surface area contributed by atoms with Crippen molar-refractivity contribution >= 4 is 16.9 Å². The van der Waals surface area contributed by atoms with E-state index in [-0.39, 0.29) is 11.9 Å². The number of hydrogen-bond donors (Lipinski definition) is 1. The van der Waals surface area contributed by atoms with Gasteiger partial charge >= 0.3 is 0 Å². The topological polar surface area (TPSA) is 106 Å². The first kappa shape index (κ1) is 21.9. The van der Waals surface area contributed by atoms with E-state index in [1.807, 2.05) is 25.1 Å². The molecule has 0 amide bonds. The van der Waals surface area contributed by atoms with Crippen LogP contribution in [0.5, 0.6) is 0 Å². The fourth-order valence-corrected chi connectivity index (χ4v) is 4.64. The Morgan fingerprint density at radius 2 is 1.92 bits per heavy atom. The van der Waals surface area contributed by atoms with Crippen molar-refractivity contribution in [2.24, 2.45) is 0 Å². The third-order valence-corrected chi connectivity index (χ3v) is 6.72. The van der Waals surface area contributed by atoms with Crippen LogP contribution in [-0.4, -0.2) is 24.7 Å².